The smallest absolute Gasteiger partial charge is 0.399 e. The van der Waals surface area contributed by atoms with Gasteiger partial charge in [-0.3, -0.25) is 0 Å². The number of nitriles is 2. The lowest BCUT2D eigenvalue weighted by molar-refractivity contribution is 0.00578. The first-order valence-corrected chi connectivity index (χ1v) is 46.5. The summed E-state index contributed by atoms with van der Waals surface area (Å²) in [7, 11) is -0.429. The van der Waals surface area contributed by atoms with Gasteiger partial charge in [-0.1, -0.05) is 398 Å². The summed E-state index contributed by atoms with van der Waals surface area (Å²) in [6.07, 6.45) is 0. The van der Waals surface area contributed by atoms with E-state index in [0.717, 1.165) is 122 Å². The summed E-state index contributed by atoms with van der Waals surface area (Å²) in [6, 6.07) is 152. The van der Waals surface area contributed by atoms with Crippen LogP contribution in [-0.4, -0.2) is 38.3 Å². The van der Waals surface area contributed by atoms with Gasteiger partial charge in [0.2, 0.25) is 0 Å². The zero-order chi connectivity index (χ0) is 89.4. The van der Waals surface area contributed by atoms with Crippen molar-refractivity contribution in [3.8, 4) is 158 Å². The van der Waals surface area contributed by atoms with Crippen LogP contribution < -0.4 is 5.46 Å². The number of fused-ring (bicyclic) bond motifs is 8. The predicted molar refractivity (Wildman–Crippen MR) is 555 cm³/mol. The minimum atomic E-state index is -0.429. The summed E-state index contributed by atoms with van der Waals surface area (Å²) in [5.74, 6) is 1.36. The summed E-state index contributed by atoms with van der Waals surface area (Å²) in [5.41, 5.74) is 27.1. The Morgan fingerprint density at radius 1 is 0.250 bits per heavy atom. The Bertz CT molecular complexity index is 8170. The predicted octanol–water partition coefficient (Wildman–Crippen LogP) is 32.2. The van der Waals surface area contributed by atoms with E-state index in [0.29, 0.717) is 22.8 Å². The van der Waals surface area contributed by atoms with Gasteiger partial charge in [0.25, 0.3) is 0 Å². The van der Waals surface area contributed by atoms with Crippen molar-refractivity contribution >= 4 is 113 Å². The van der Waals surface area contributed by atoms with Crippen molar-refractivity contribution in [2.24, 2.45) is 0 Å². The van der Waals surface area contributed by atoms with Gasteiger partial charge in [-0.25, -0.2) is 19.9 Å². The number of thiophene rings is 2. The molecule has 0 spiro atoms. The highest BCUT2D eigenvalue weighted by atomic mass is 79.9. The number of halogens is 1. The fourth-order valence-corrected chi connectivity index (χ4v) is 20.8. The lowest BCUT2D eigenvalue weighted by atomic mass is 9.79. The molecule has 0 aliphatic carbocycles. The lowest BCUT2D eigenvalue weighted by Gasteiger charge is -2.32. The first-order valence-electron chi connectivity index (χ1n) is 44.1. The summed E-state index contributed by atoms with van der Waals surface area (Å²) in [6.45, 7) is 8.31. The Kier molecular flexibility index (Phi) is 22.7. The van der Waals surface area contributed by atoms with Crippen LogP contribution in [-0.2, 0) is 9.31 Å². The normalized spacial score (nSPS) is 12.6. The van der Waals surface area contributed by atoms with Gasteiger partial charge in [0.15, 0.2) is 11.6 Å². The van der Waals surface area contributed by atoms with E-state index in [2.05, 4.69) is 426 Å². The van der Waals surface area contributed by atoms with E-state index < -0.39 is 18.3 Å². The van der Waals surface area contributed by atoms with Crippen molar-refractivity contribution in [1.82, 2.24) is 19.9 Å². The third-order valence-electron chi connectivity index (χ3n) is 25.4. The first kappa shape index (κ1) is 83.4. The molecule has 0 bridgehead atoms. The van der Waals surface area contributed by atoms with Gasteiger partial charge in [0, 0.05) is 89.3 Å². The molecule has 1 aliphatic heterocycles. The van der Waals surface area contributed by atoms with E-state index in [1.807, 2.05) is 77.3 Å². The molecule has 0 atom stereocenters. The van der Waals surface area contributed by atoms with E-state index >= 15 is 0 Å². The minimum absolute atomic E-state index is 0.403. The van der Waals surface area contributed by atoms with Gasteiger partial charge >= 0.3 is 7.12 Å². The average Bonchev–Trinajstić information content (AvgIpc) is 1.58. The van der Waals surface area contributed by atoms with Crippen molar-refractivity contribution in [2.45, 2.75) is 38.9 Å². The van der Waals surface area contributed by atoms with Crippen LogP contribution in [0.3, 0.4) is 0 Å². The van der Waals surface area contributed by atoms with Crippen molar-refractivity contribution < 1.29 is 9.31 Å². The van der Waals surface area contributed by atoms with Gasteiger partial charge in [-0.05, 0) is 164 Å². The Labute approximate surface area is 783 Å². The number of rotatable bonds is 14. The maximum atomic E-state index is 9.22. The third kappa shape index (κ3) is 16.2. The number of hydrogen-bond donors (Lipinski definition) is 0. The van der Waals surface area contributed by atoms with E-state index in [1.54, 1.807) is 0 Å². The van der Waals surface area contributed by atoms with E-state index in [-0.39, 0.29) is 0 Å². The standard InChI is InChI=1S/C57H35N3S.C40H33BN2O2S.C23H14BrN/c58-36-37-22-24-38(25-23-37)39-26-28-40(29-27-39)45-34-35-46(48-17-8-7-16-47(45)48)41-30-32-44(33-31-41)57-59-54(43-14-5-2-6-15-43)53(42-12-3-1-4-13-42)55(60-57)51-20-11-19-50-49-18-9-10-21-52(49)61-56(50)51;1-39(2)40(3,4)45-41(44-39)29-24-22-28(23-25-29)38-42-35(27-16-9-6-10-17-27)34(26-14-7-5-8-15-26)36(43-38)32-20-13-19-31-30-18-11-12-21-33(30)46-37(31)32;24-23-14-13-20(21-3-1-2-4-22(21)23)19-11-9-18(10-12-19)17-7-5-16(15-25)6-8-17/h1-35H;5-25H,1-4H3;1-14H. The molecule has 1 saturated heterocycles. The first-order chi connectivity index (χ1) is 64.7. The lowest BCUT2D eigenvalue weighted by Crippen LogP contribution is -2.41. The monoisotopic (exact) mass is 1790 g/mol. The molecule has 23 rings (SSSR count). The fraction of sp³-hybridized carbons (Fsp3) is 0.0500. The Morgan fingerprint density at radius 2 is 0.538 bits per heavy atom. The molecule has 0 amide bonds. The van der Waals surface area contributed by atoms with Crippen molar-refractivity contribution in [2.75, 3.05) is 0 Å². The molecule has 8 nitrogen and oxygen atoms in total. The summed E-state index contributed by atoms with van der Waals surface area (Å²) in [5, 5.41) is 28.0. The van der Waals surface area contributed by atoms with Crippen LogP contribution in [0.2, 0.25) is 0 Å². The molecule has 132 heavy (non-hydrogen) atoms. The largest absolute Gasteiger partial charge is 0.494 e. The van der Waals surface area contributed by atoms with Crippen LogP contribution in [0.4, 0.5) is 0 Å². The number of benzene rings is 18. The van der Waals surface area contributed by atoms with Crippen molar-refractivity contribution in [3.63, 3.8) is 0 Å². The summed E-state index contributed by atoms with van der Waals surface area (Å²) >= 11 is 7.27. The van der Waals surface area contributed by atoms with E-state index in [4.69, 9.17) is 34.5 Å². The van der Waals surface area contributed by atoms with Gasteiger partial charge in [-0.2, -0.15) is 10.5 Å². The van der Waals surface area contributed by atoms with Crippen LogP contribution in [0, 0.1) is 22.7 Å². The van der Waals surface area contributed by atoms with Crippen LogP contribution in [0.5, 0.6) is 0 Å². The molecule has 18 aromatic carbocycles. The summed E-state index contributed by atoms with van der Waals surface area (Å²) in [4.78, 5) is 21.6. The Morgan fingerprint density at radius 3 is 0.917 bits per heavy atom. The SMILES string of the molecule is CC1(C)OB(c2ccc(-c3nc(-c4ccccc4)c(-c4ccccc4)c(-c4cccc5c4sc4ccccc45)n3)cc2)OC1(C)C.N#Cc1ccc(-c2ccc(-c3ccc(-c4ccc(-c5nc(-c6ccccc6)c(-c6ccccc6)c(-c6cccc7c6sc6ccccc67)n5)cc4)c4ccccc34)cc2)cc1.N#Cc1ccc(-c2ccc(-c3ccc(Br)c4ccccc34)cc2)cc1. The Balaban J connectivity index is 0.000000130. The molecule has 12 heteroatoms. The molecule has 4 aromatic heterocycles. The number of aromatic nitrogens is 4. The highest BCUT2D eigenvalue weighted by Crippen LogP contribution is 2.50. The molecular formula is C120H82BBrN6O2S2. The quantitative estimate of drug-likeness (QED) is 0.0988. The molecule has 1 fully saturated rings. The highest BCUT2D eigenvalue weighted by Gasteiger charge is 2.52. The topological polar surface area (TPSA) is 118 Å². The zero-order valence-corrected chi connectivity index (χ0v) is 75.9. The van der Waals surface area contributed by atoms with Gasteiger partial charge in [0.1, 0.15) is 0 Å². The number of hydrogen-bond acceptors (Lipinski definition) is 10. The molecule has 22 aromatic rings. The third-order valence-corrected chi connectivity index (χ3v) is 28.5. The van der Waals surface area contributed by atoms with Crippen LogP contribution in [0.1, 0.15) is 38.8 Å². The molecule has 1 aliphatic rings. The second kappa shape index (κ2) is 35.9. The second-order valence-corrected chi connectivity index (χ2v) is 36.9. The zero-order valence-electron chi connectivity index (χ0n) is 72.7. The number of nitrogens with zero attached hydrogens (tertiary/aromatic N) is 6. The van der Waals surface area contributed by atoms with Crippen LogP contribution >= 0.6 is 38.6 Å². The maximum Gasteiger partial charge on any atom is 0.494 e. The van der Waals surface area contributed by atoms with Crippen LogP contribution in [0.25, 0.3) is 208 Å². The molecule has 5 heterocycles. The average molecular weight is 1790 g/mol. The van der Waals surface area contributed by atoms with Crippen molar-refractivity contribution in [1.29, 1.82) is 10.5 Å². The molecule has 626 valence electrons. The molecule has 0 saturated carbocycles. The molecular weight excluding hydrogens is 1710 g/mol. The molecule has 0 unspecified atom stereocenters. The Hall–Kier alpha value is -15.5. The molecule has 0 N–H and O–H groups in total. The van der Waals surface area contributed by atoms with Gasteiger partial charge in [-0.15, -0.1) is 22.7 Å². The fourth-order valence-electron chi connectivity index (χ4n) is 17.8. The minimum Gasteiger partial charge on any atom is -0.399 e. The van der Waals surface area contributed by atoms with Crippen LogP contribution in [0.15, 0.2) is 429 Å². The van der Waals surface area contributed by atoms with E-state index in [1.165, 1.54) is 84.1 Å². The maximum absolute atomic E-state index is 9.22. The highest BCUT2D eigenvalue weighted by molar-refractivity contribution is 9.10. The second-order valence-electron chi connectivity index (χ2n) is 33.9. The van der Waals surface area contributed by atoms with E-state index in [9.17, 15) is 5.26 Å². The molecule has 0 radical (unpaired) electrons. The van der Waals surface area contributed by atoms with Gasteiger partial charge in [0.05, 0.1) is 57.2 Å². The summed E-state index contributed by atoms with van der Waals surface area (Å²) < 4.78 is 18.7. The van der Waals surface area contributed by atoms with Gasteiger partial charge < -0.3 is 9.31 Å². The van der Waals surface area contributed by atoms with Crippen molar-refractivity contribution in [3.05, 3.63) is 440 Å².